The fourth-order valence-corrected chi connectivity index (χ4v) is 3.56. The zero-order chi connectivity index (χ0) is 22.0. The number of alkyl halides is 4. The number of hydrogen-bond acceptors (Lipinski definition) is 4. The van der Waals surface area contributed by atoms with Crippen molar-refractivity contribution >= 4 is 16.9 Å². The molecule has 3 aromatic rings. The Labute approximate surface area is 175 Å². The van der Waals surface area contributed by atoms with Crippen LogP contribution >= 0.6 is 0 Å². The summed E-state index contributed by atoms with van der Waals surface area (Å²) in [6.45, 7) is -0.0795. The van der Waals surface area contributed by atoms with Crippen molar-refractivity contribution in [2.45, 2.75) is 31.4 Å². The fraction of sp³-hybridized carbons (Fsp3) is 0.318. The molecule has 1 fully saturated rings. The van der Waals surface area contributed by atoms with Crippen molar-refractivity contribution in [3.8, 4) is 5.75 Å². The van der Waals surface area contributed by atoms with E-state index in [2.05, 4.69) is 10.6 Å². The number of rotatable bonds is 6. The molecule has 1 aliphatic rings. The number of benzene rings is 2. The number of carbonyl (C=O) groups excluding carboxylic acids is 1. The maximum atomic E-state index is 14.1. The number of piperidine rings is 1. The molecule has 1 amide bonds. The van der Waals surface area contributed by atoms with Crippen LogP contribution in [0.25, 0.3) is 11.0 Å². The minimum absolute atomic E-state index is 0.0238. The van der Waals surface area contributed by atoms with Gasteiger partial charge in [-0.25, -0.2) is 17.6 Å². The topological polar surface area (TPSA) is 63.5 Å². The molecule has 0 aliphatic carbocycles. The van der Waals surface area contributed by atoms with Gasteiger partial charge in [0.1, 0.15) is 17.9 Å². The Morgan fingerprint density at radius 3 is 2.71 bits per heavy atom. The van der Waals surface area contributed by atoms with Gasteiger partial charge in [0.15, 0.2) is 5.76 Å². The van der Waals surface area contributed by atoms with Gasteiger partial charge in [-0.1, -0.05) is 30.3 Å². The van der Waals surface area contributed by atoms with Crippen molar-refractivity contribution in [3.05, 3.63) is 65.4 Å². The molecule has 9 heteroatoms. The van der Waals surface area contributed by atoms with Crippen LogP contribution in [0.5, 0.6) is 5.75 Å². The van der Waals surface area contributed by atoms with Gasteiger partial charge >= 0.3 is 0 Å². The van der Waals surface area contributed by atoms with Gasteiger partial charge in [0.25, 0.3) is 18.3 Å². The van der Waals surface area contributed by atoms with Gasteiger partial charge in [-0.05, 0) is 36.7 Å². The van der Waals surface area contributed by atoms with Crippen molar-refractivity contribution < 1.29 is 31.5 Å². The number of fused-ring (bicyclic) bond motifs is 1. The van der Waals surface area contributed by atoms with Gasteiger partial charge in [-0.2, -0.15) is 0 Å². The number of amides is 1. The summed E-state index contributed by atoms with van der Waals surface area (Å²) in [6.07, 6.45) is -3.11. The molecule has 1 aromatic heterocycles. The highest BCUT2D eigenvalue weighted by Crippen LogP contribution is 2.35. The second-order valence-electron chi connectivity index (χ2n) is 7.33. The monoisotopic (exact) mass is 436 g/mol. The summed E-state index contributed by atoms with van der Waals surface area (Å²) < 4.78 is 66.2. The maximum absolute atomic E-state index is 14.1. The molecule has 2 heterocycles. The maximum Gasteiger partial charge on any atom is 0.296 e. The quantitative estimate of drug-likeness (QED) is 0.551. The summed E-state index contributed by atoms with van der Waals surface area (Å²) in [5, 5.41) is 4.84. The van der Waals surface area contributed by atoms with Gasteiger partial charge in [-0.15, -0.1) is 0 Å². The third-order valence-electron chi connectivity index (χ3n) is 5.15. The van der Waals surface area contributed by atoms with Crippen molar-refractivity contribution in [1.29, 1.82) is 0 Å². The summed E-state index contributed by atoms with van der Waals surface area (Å²) in [4.78, 5) is 12.8. The third-order valence-corrected chi connectivity index (χ3v) is 5.15. The van der Waals surface area contributed by atoms with Gasteiger partial charge in [-0.3, -0.25) is 4.79 Å². The molecule has 0 saturated carbocycles. The van der Waals surface area contributed by atoms with E-state index in [0.29, 0.717) is 5.75 Å². The summed E-state index contributed by atoms with van der Waals surface area (Å²) in [5.74, 6) is -4.74. The minimum atomic E-state index is -3.19. The molecule has 2 aromatic carbocycles. The molecule has 0 spiro atoms. The Hall–Kier alpha value is -3.07. The second-order valence-corrected chi connectivity index (χ2v) is 7.33. The van der Waals surface area contributed by atoms with Crippen LogP contribution in [0.2, 0.25) is 0 Å². The van der Waals surface area contributed by atoms with Crippen molar-refractivity contribution in [3.63, 3.8) is 0 Å². The molecule has 0 bridgehead atoms. The molecule has 1 saturated heterocycles. The van der Waals surface area contributed by atoms with E-state index in [9.17, 15) is 22.4 Å². The summed E-state index contributed by atoms with van der Waals surface area (Å²) in [7, 11) is 0. The molecular formula is C22H20F4N2O3. The van der Waals surface area contributed by atoms with E-state index >= 15 is 0 Å². The molecule has 164 valence electrons. The van der Waals surface area contributed by atoms with Crippen molar-refractivity contribution in [2.24, 2.45) is 0 Å². The van der Waals surface area contributed by atoms with E-state index in [0.717, 1.165) is 5.56 Å². The normalized spacial score (nSPS) is 18.3. The second kappa shape index (κ2) is 8.58. The van der Waals surface area contributed by atoms with E-state index in [4.69, 9.17) is 9.15 Å². The highest BCUT2D eigenvalue weighted by Gasteiger charge is 2.43. The number of carbonyl (C=O) groups is 1. The molecule has 1 aliphatic heterocycles. The van der Waals surface area contributed by atoms with Crippen LogP contribution in [0, 0.1) is 0 Å². The molecule has 1 unspecified atom stereocenters. The first-order valence-corrected chi connectivity index (χ1v) is 9.76. The molecule has 2 N–H and O–H groups in total. The van der Waals surface area contributed by atoms with Gasteiger partial charge in [0.05, 0.1) is 18.2 Å². The molecule has 4 rings (SSSR count). The molecular weight excluding hydrogens is 416 g/mol. The lowest BCUT2D eigenvalue weighted by molar-refractivity contribution is -0.0488. The fourth-order valence-electron chi connectivity index (χ4n) is 3.56. The van der Waals surface area contributed by atoms with Crippen LogP contribution < -0.4 is 15.4 Å². The average Bonchev–Trinajstić information content (AvgIpc) is 3.14. The highest BCUT2D eigenvalue weighted by molar-refractivity contribution is 6.07. The average molecular weight is 436 g/mol. The first kappa shape index (κ1) is 21.2. The Kier molecular flexibility index (Phi) is 5.86. The molecule has 1 atom stereocenters. The van der Waals surface area contributed by atoms with Crippen LogP contribution in [-0.4, -0.2) is 31.0 Å². The number of furan rings is 1. The zero-order valence-corrected chi connectivity index (χ0v) is 16.3. The first-order chi connectivity index (χ1) is 14.8. The van der Waals surface area contributed by atoms with Crippen molar-refractivity contribution in [1.82, 2.24) is 10.6 Å². The van der Waals surface area contributed by atoms with E-state index in [1.165, 1.54) is 18.2 Å². The summed E-state index contributed by atoms with van der Waals surface area (Å²) >= 11 is 0. The van der Waals surface area contributed by atoms with Gasteiger partial charge in [0.2, 0.25) is 0 Å². The smallest absolute Gasteiger partial charge is 0.296 e. The van der Waals surface area contributed by atoms with Crippen molar-refractivity contribution in [2.75, 3.05) is 13.1 Å². The Morgan fingerprint density at radius 1 is 1.23 bits per heavy atom. The van der Waals surface area contributed by atoms with E-state index in [1.807, 2.05) is 30.3 Å². The number of ether oxygens (including phenoxy) is 1. The van der Waals surface area contributed by atoms with E-state index < -0.39 is 42.2 Å². The Morgan fingerprint density at radius 2 is 2.00 bits per heavy atom. The molecule has 31 heavy (non-hydrogen) atoms. The van der Waals surface area contributed by atoms with Crippen LogP contribution in [0.4, 0.5) is 17.6 Å². The van der Waals surface area contributed by atoms with E-state index in [-0.39, 0.29) is 30.5 Å². The molecule has 0 radical (unpaired) electrons. The number of halogens is 4. The lowest BCUT2D eigenvalue weighted by Gasteiger charge is -2.32. The SMILES string of the molecule is O=C(NC1CCNCC1(F)F)c1c(C(F)F)oc2ccc(OCc3ccccc3)cc12. The Balaban J connectivity index is 1.63. The van der Waals surface area contributed by atoms with Gasteiger partial charge < -0.3 is 19.8 Å². The number of nitrogens with one attached hydrogen (secondary N) is 2. The predicted octanol–water partition coefficient (Wildman–Crippen LogP) is 4.68. The standard InChI is InChI=1S/C22H20F4N2O3/c23-20(24)19-18(21(29)28-17-8-9-27-12-22(17,25)26)15-10-14(6-7-16(15)31-19)30-11-13-4-2-1-3-5-13/h1-7,10,17,20,27H,8-9,11-12H2,(H,28,29). The van der Waals surface area contributed by atoms with Gasteiger partial charge in [0, 0.05) is 5.39 Å². The molecule has 5 nitrogen and oxygen atoms in total. The summed E-state index contributed by atoms with van der Waals surface area (Å²) in [5.41, 5.74) is 0.489. The predicted molar refractivity (Wildman–Crippen MR) is 106 cm³/mol. The van der Waals surface area contributed by atoms with Crippen LogP contribution in [0.1, 0.15) is 34.5 Å². The van der Waals surface area contributed by atoms with Crippen LogP contribution in [-0.2, 0) is 6.61 Å². The first-order valence-electron chi connectivity index (χ1n) is 9.76. The van der Waals surface area contributed by atoms with E-state index in [1.54, 1.807) is 0 Å². The Bertz CT molecular complexity index is 1070. The minimum Gasteiger partial charge on any atom is -0.489 e. The zero-order valence-electron chi connectivity index (χ0n) is 16.3. The lowest BCUT2D eigenvalue weighted by atomic mass is 10.0. The largest absolute Gasteiger partial charge is 0.489 e. The third kappa shape index (κ3) is 4.51. The number of hydrogen-bond donors (Lipinski definition) is 2. The summed E-state index contributed by atoms with van der Waals surface area (Å²) in [6, 6.07) is 12.2. The van der Waals surface area contributed by atoms with Crippen LogP contribution in [0.15, 0.2) is 52.9 Å². The lowest BCUT2D eigenvalue weighted by Crippen LogP contribution is -2.57. The highest BCUT2D eigenvalue weighted by atomic mass is 19.3. The van der Waals surface area contributed by atoms with Crippen LogP contribution in [0.3, 0.4) is 0 Å².